The van der Waals surface area contributed by atoms with E-state index in [1.165, 1.54) is 16.9 Å². The van der Waals surface area contributed by atoms with Gasteiger partial charge in [-0.25, -0.2) is 9.48 Å². The number of carboxylic acid groups (broad SMARTS) is 2. The summed E-state index contributed by atoms with van der Waals surface area (Å²) < 4.78 is 11.8. The molecule has 0 aliphatic heterocycles. The number of nitrogens with one attached hydrogen (secondary N) is 2. The summed E-state index contributed by atoms with van der Waals surface area (Å²) in [5.41, 5.74) is 0.242. The monoisotopic (exact) mass is 673 g/mol. The van der Waals surface area contributed by atoms with Gasteiger partial charge in [0.05, 0.1) is 43.7 Å². The van der Waals surface area contributed by atoms with Crippen LogP contribution in [-0.4, -0.2) is 56.1 Å². The van der Waals surface area contributed by atoms with Crippen molar-refractivity contribution in [3.8, 4) is 5.75 Å². The summed E-state index contributed by atoms with van der Waals surface area (Å²) in [6.45, 7) is 3.50. The molecule has 2 aromatic carbocycles. The maximum Gasteiger partial charge on any atom is 0.340 e. The average molecular weight is 674 g/mol. The minimum absolute atomic E-state index is 0.0250. The number of carbonyl (C=O) groups is 4. The standard InChI is InChI=1S/C35H39N5O9/c1-20-25-13-12-23(16-28(25)49-34(47)26(20)17-31(42)43)36-33(46)27(18-32(44)45)40-19-29(38-39-40)35(2,22-9-5-4-6-10-22)37-30(41)15-21-8-7-11-24(14-21)48-3/h7-8,11-14,16,19,22,27H,4-6,9-10,15,17-18H2,1-3H3,(H,36,46)(H,37,41)(H,42,43)(H,44,45)/t27?,35-/m0/s1. The second-order valence-corrected chi connectivity index (χ2v) is 12.6. The van der Waals surface area contributed by atoms with E-state index in [1.54, 1.807) is 38.3 Å². The first-order chi connectivity index (χ1) is 23.4. The highest BCUT2D eigenvalue weighted by molar-refractivity contribution is 5.97. The van der Waals surface area contributed by atoms with Crippen molar-refractivity contribution in [3.05, 3.63) is 81.5 Å². The molecule has 14 nitrogen and oxygen atoms in total. The van der Waals surface area contributed by atoms with Gasteiger partial charge in [-0.1, -0.05) is 36.6 Å². The molecule has 1 aliphatic carbocycles. The summed E-state index contributed by atoms with van der Waals surface area (Å²) in [6, 6.07) is 10.5. The van der Waals surface area contributed by atoms with Gasteiger partial charge in [0.1, 0.15) is 23.1 Å². The van der Waals surface area contributed by atoms with Crippen LogP contribution >= 0.6 is 0 Å². The van der Waals surface area contributed by atoms with Crippen LogP contribution in [0.25, 0.3) is 11.0 Å². The molecule has 4 N–H and O–H groups in total. The zero-order chi connectivity index (χ0) is 35.3. The highest BCUT2D eigenvalue weighted by atomic mass is 16.5. The van der Waals surface area contributed by atoms with E-state index < -0.39 is 47.9 Å². The number of ether oxygens (including phenoxy) is 1. The van der Waals surface area contributed by atoms with E-state index in [9.17, 15) is 29.1 Å². The Morgan fingerprint density at radius 2 is 1.82 bits per heavy atom. The number of hydrogen-bond donors (Lipinski definition) is 4. The lowest BCUT2D eigenvalue weighted by atomic mass is 9.74. The van der Waals surface area contributed by atoms with Crippen molar-refractivity contribution < 1.29 is 38.5 Å². The third-order valence-corrected chi connectivity index (χ3v) is 9.23. The number of anilines is 1. The predicted molar refractivity (Wildman–Crippen MR) is 177 cm³/mol. The topological polar surface area (TPSA) is 203 Å². The molecule has 2 atom stereocenters. The quantitative estimate of drug-likeness (QED) is 0.149. The first-order valence-corrected chi connectivity index (χ1v) is 16.0. The molecule has 2 heterocycles. The fraction of sp³-hybridized carbons (Fsp3) is 0.400. The summed E-state index contributed by atoms with van der Waals surface area (Å²) in [4.78, 5) is 62.6. The highest BCUT2D eigenvalue weighted by Crippen LogP contribution is 2.39. The summed E-state index contributed by atoms with van der Waals surface area (Å²) in [7, 11) is 1.56. The summed E-state index contributed by atoms with van der Waals surface area (Å²) >= 11 is 0. The van der Waals surface area contributed by atoms with Crippen molar-refractivity contribution in [3.63, 3.8) is 0 Å². The molecule has 1 unspecified atom stereocenters. The van der Waals surface area contributed by atoms with Crippen molar-refractivity contribution in [1.29, 1.82) is 0 Å². The molecular formula is C35H39N5O9. The number of nitrogens with zero attached hydrogens (tertiary/aromatic N) is 3. The van der Waals surface area contributed by atoms with E-state index in [0.717, 1.165) is 37.7 Å². The fourth-order valence-corrected chi connectivity index (χ4v) is 6.55. The molecule has 2 aromatic heterocycles. The third kappa shape index (κ3) is 7.96. The summed E-state index contributed by atoms with van der Waals surface area (Å²) in [6.07, 6.45) is 5.24. The Hall–Kier alpha value is -5.53. The number of hydrogen-bond acceptors (Lipinski definition) is 9. The number of methoxy groups -OCH3 is 1. The average Bonchev–Trinajstić information content (AvgIpc) is 3.56. The Morgan fingerprint density at radius 3 is 2.51 bits per heavy atom. The molecule has 0 spiro atoms. The Bertz CT molecular complexity index is 1950. The maximum absolute atomic E-state index is 13.6. The fourth-order valence-electron chi connectivity index (χ4n) is 6.55. The lowest BCUT2D eigenvalue weighted by molar-refractivity contribution is -0.140. The van der Waals surface area contributed by atoms with Gasteiger partial charge in [-0.2, -0.15) is 0 Å². The number of aryl methyl sites for hydroxylation is 1. The lowest BCUT2D eigenvalue weighted by Gasteiger charge is -2.39. The van der Waals surface area contributed by atoms with Crippen molar-refractivity contribution in [1.82, 2.24) is 20.3 Å². The van der Waals surface area contributed by atoms with E-state index in [2.05, 4.69) is 20.9 Å². The Balaban J connectivity index is 1.41. The highest BCUT2D eigenvalue weighted by Gasteiger charge is 2.41. The Labute approximate surface area is 281 Å². The second kappa shape index (κ2) is 14.7. The molecule has 0 bridgehead atoms. The Morgan fingerprint density at radius 1 is 1.06 bits per heavy atom. The third-order valence-electron chi connectivity index (χ3n) is 9.23. The van der Waals surface area contributed by atoms with Crippen LogP contribution in [0, 0.1) is 12.8 Å². The number of carbonyl (C=O) groups excluding carboxylic acids is 2. The van der Waals surface area contributed by atoms with Crippen LogP contribution in [0.2, 0.25) is 0 Å². The van der Waals surface area contributed by atoms with Gasteiger partial charge in [0, 0.05) is 17.1 Å². The molecule has 5 rings (SSSR count). The van der Waals surface area contributed by atoms with Crippen molar-refractivity contribution in [2.75, 3.05) is 12.4 Å². The minimum Gasteiger partial charge on any atom is -0.497 e. The smallest absolute Gasteiger partial charge is 0.340 e. The van der Waals surface area contributed by atoms with Crippen molar-refractivity contribution in [2.45, 2.75) is 76.8 Å². The zero-order valence-corrected chi connectivity index (χ0v) is 27.5. The number of aliphatic carboxylic acids is 2. The van der Waals surface area contributed by atoms with Crippen LogP contribution in [0.15, 0.2) is 57.9 Å². The number of carboxylic acids is 2. The molecule has 49 heavy (non-hydrogen) atoms. The summed E-state index contributed by atoms with van der Waals surface area (Å²) in [5, 5.41) is 33.8. The zero-order valence-electron chi connectivity index (χ0n) is 27.5. The Kier molecular flexibility index (Phi) is 10.4. The minimum atomic E-state index is -1.32. The number of fused-ring (bicyclic) bond motifs is 1. The molecule has 1 aliphatic rings. The van der Waals surface area contributed by atoms with Gasteiger partial charge in [-0.15, -0.1) is 5.10 Å². The molecule has 1 saturated carbocycles. The molecular weight excluding hydrogens is 634 g/mol. The lowest BCUT2D eigenvalue weighted by Crippen LogP contribution is -2.50. The van der Waals surface area contributed by atoms with Crippen LogP contribution in [-0.2, 0) is 37.6 Å². The molecule has 0 radical (unpaired) electrons. The van der Waals surface area contributed by atoms with Crippen LogP contribution in [0.3, 0.4) is 0 Å². The van der Waals surface area contributed by atoms with Gasteiger partial charge in [0.15, 0.2) is 0 Å². The first kappa shape index (κ1) is 34.8. The molecule has 1 fully saturated rings. The van der Waals surface area contributed by atoms with Crippen LogP contribution in [0.5, 0.6) is 5.75 Å². The summed E-state index contributed by atoms with van der Waals surface area (Å²) in [5.74, 6) is -2.69. The number of amides is 2. The van der Waals surface area contributed by atoms with E-state index in [4.69, 9.17) is 14.3 Å². The maximum atomic E-state index is 13.6. The van der Waals surface area contributed by atoms with Gasteiger partial charge in [-0.05, 0) is 68.0 Å². The van der Waals surface area contributed by atoms with Crippen LogP contribution in [0.1, 0.15) is 73.9 Å². The number of rotatable bonds is 13. The van der Waals surface area contributed by atoms with Crippen LogP contribution < -0.4 is 21.0 Å². The van der Waals surface area contributed by atoms with E-state index in [1.807, 2.05) is 19.1 Å². The molecule has 258 valence electrons. The van der Waals surface area contributed by atoms with E-state index in [-0.39, 0.29) is 35.1 Å². The SMILES string of the molecule is COc1cccc(CC(=O)N[C@](C)(c2cn(C(CC(=O)O)C(=O)Nc3ccc4c(C)c(CC(=O)O)c(=O)oc4c3)nn2)C2CCCCC2)c1. The van der Waals surface area contributed by atoms with Gasteiger partial charge in [0.2, 0.25) is 11.8 Å². The van der Waals surface area contributed by atoms with Gasteiger partial charge in [-0.3, -0.25) is 19.2 Å². The molecule has 14 heteroatoms. The normalized spacial score (nSPS) is 15.2. The number of benzene rings is 2. The van der Waals surface area contributed by atoms with Gasteiger partial charge < -0.3 is 30.0 Å². The number of aromatic nitrogens is 3. The van der Waals surface area contributed by atoms with E-state index in [0.29, 0.717) is 22.4 Å². The van der Waals surface area contributed by atoms with Gasteiger partial charge in [0.25, 0.3) is 0 Å². The molecule has 2 amide bonds. The van der Waals surface area contributed by atoms with Crippen molar-refractivity contribution >= 4 is 40.4 Å². The first-order valence-electron chi connectivity index (χ1n) is 16.0. The largest absolute Gasteiger partial charge is 0.497 e. The van der Waals surface area contributed by atoms with Crippen LogP contribution in [0.4, 0.5) is 5.69 Å². The van der Waals surface area contributed by atoms with Crippen molar-refractivity contribution in [2.24, 2.45) is 5.92 Å². The predicted octanol–water partition coefficient (Wildman–Crippen LogP) is 4.14. The van der Waals surface area contributed by atoms with Gasteiger partial charge >= 0.3 is 17.6 Å². The van der Waals surface area contributed by atoms with E-state index >= 15 is 0 Å². The molecule has 4 aromatic rings. The molecule has 0 saturated heterocycles. The second-order valence-electron chi connectivity index (χ2n) is 12.6.